The fraction of sp³-hybridized carbons (Fsp3) is 0.420. The average molecular weight is 971 g/mol. The smallest absolute Gasteiger partial charge is 0.293 e. The number of benzene rings is 4. The minimum Gasteiger partial charge on any atom is -0.455 e. The molecule has 4 aliphatic rings. The van der Waals surface area contributed by atoms with Gasteiger partial charge in [-0.25, -0.2) is 13.1 Å². The largest absolute Gasteiger partial charge is 0.455 e. The third-order valence-electron chi connectivity index (χ3n) is 13.9. The number of morpholine rings is 1. The first-order chi connectivity index (χ1) is 32.2. The van der Waals surface area contributed by atoms with Gasteiger partial charge in [-0.1, -0.05) is 54.8 Å². The minimum atomic E-state index is -4.59. The summed E-state index contributed by atoms with van der Waals surface area (Å²) in [5, 5.41) is 17.5. The van der Waals surface area contributed by atoms with Crippen molar-refractivity contribution in [3.8, 4) is 11.5 Å². The fourth-order valence-electron chi connectivity index (χ4n) is 10.1. The Morgan fingerprint density at radius 2 is 1.66 bits per heavy atom. The number of piperazine rings is 1. The lowest BCUT2D eigenvalue weighted by molar-refractivity contribution is -0.384. The summed E-state index contributed by atoms with van der Waals surface area (Å²) in [7, 11) is -4.59. The summed E-state index contributed by atoms with van der Waals surface area (Å²) in [5.41, 5.74) is 5.69. The van der Waals surface area contributed by atoms with Gasteiger partial charge in [0, 0.05) is 97.8 Å². The highest BCUT2D eigenvalue weighted by Crippen LogP contribution is 2.44. The quantitative estimate of drug-likeness (QED) is 0.0761. The predicted octanol–water partition coefficient (Wildman–Crippen LogP) is 10.1. The molecule has 3 fully saturated rings. The lowest BCUT2D eigenvalue weighted by Gasteiger charge is -2.39. The molecule has 2 saturated heterocycles. The van der Waals surface area contributed by atoms with Gasteiger partial charge in [0.2, 0.25) is 0 Å². The second-order valence-electron chi connectivity index (χ2n) is 19.0. The summed E-state index contributed by atoms with van der Waals surface area (Å²) in [5.74, 6) is -0.588. The van der Waals surface area contributed by atoms with E-state index in [9.17, 15) is 23.3 Å². The number of nitrogens with one attached hydrogen (secondary N) is 3. The molecule has 2 aliphatic heterocycles. The van der Waals surface area contributed by atoms with Gasteiger partial charge in [0.1, 0.15) is 17.2 Å². The number of sulfonamides is 1. The number of hydrogen-bond donors (Lipinski definition) is 3. The number of fused-ring (bicyclic) bond motifs is 1. The Labute approximate surface area is 401 Å². The van der Waals surface area contributed by atoms with Crippen molar-refractivity contribution >= 4 is 72.7 Å². The van der Waals surface area contributed by atoms with Crippen molar-refractivity contribution in [3.05, 3.63) is 122 Å². The molecule has 0 unspecified atom stereocenters. The SMILES string of the molecule is CC1(C)CCC(CN2CCN(c3ccc(C(=O)NS(=O)(=O)c4ccc(N[C@H]5CC[C@H](N6CCOCC6)CC5)c([N+](=O)[O-])c4)c(Oc4cc5cc[nH]c5cc4Cl)c3)CC2)=C(c2ccc(Cl)cc2)C1. The molecule has 0 radical (unpaired) electrons. The van der Waals surface area contributed by atoms with Crippen LogP contribution >= 0.6 is 23.2 Å². The Balaban J connectivity index is 0.917. The fourth-order valence-corrected chi connectivity index (χ4v) is 11.4. The van der Waals surface area contributed by atoms with E-state index in [2.05, 4.69) is 55.7 Å². The van der Waals surface area contributed by atoms with Crippen LogP contribution in [-0.4, -0.2) is 105 Å². The van der Waals surface area contributed by atoms with Crippen LogP contribution in [0.4, 0.5) is 17.1 Å². The highest BCUT2D eigenvalue weighted by atomic mass is 35.5. The minimum absolute atomic E-state index is 0.00382. The van der Waals surface area contributed by atoms with Gasteiger partial charge in [-0.3, -0.25) is 24.7 Å². The lowest BCUT2D eigenvalue weighted by atomic mass is 9.72. The molecule has 9 rings (SSSR count). The van der Waals surface area contributed by atoms with Gasteiger partial charge in [-0.15, -0.1) is 0 Å². The molecule has 1 amide bonds. The standard InChI is InChI=1S/C50H57Cl2N7O7S/c1-50(2)17-15-35(42(31-50)33-3-5-36(51)6-4-33)32-56-19-21-57(22-20-56)39-11-13-41(47(28-39)66-48-27-34-16-18-53-45(34)30-43(48)52)49(60)55-67(63,64)40-12-14-44(46(29-40)59(61)62)54-37-7-9-38(10-8-37)58-23-25-65-26-24-58/h3-6,11-14,16,18,27-30,37-38,53-54H,7-10,15,17,19-26,31-32H2,1-2H3,(H,55,60)/t37-,38-. The number of nitrogens with zero attached hydrogens (tertiary/aromatic N) is 4. The number of aromatic amines is 1. The number of carbonyl (C=O) groups is 1. The van der Waals surface area contributed by atoms with E-state index in [-0.39, 0.29) is 39.2 Å². The Bertz CT molecular complexity index is 2780. The zero-order valence-electron chi connectivity index (χ0n) is 37.9. The van der Waals surface area contributed by atoms with Gasteiger partial charge >= 0.3 is 0 Å². The number of rotatable bonds is 13. The molecular formula is C50H57Cl2N7O7S. The number of nitro groups is 1. The number of H-pyrrole nitrogens is 1. The second-order valence-corrected chi connectivity index (χ2v) is 21.5. The van der Waals surface area contributed by atoms with E-state index < -0.39 is 31.4 Å². The number of anilines is 2. The number of hydrogen-bond acceptors (Lipinski definition) is 11. The normalized spacial score (nSPS) is 20.7. The van der Waals surface area contributed by atoms with Crippen LogP contribution in [0.1, 0.15) is 74.7 Å². The highest BCUT2D eigenvalue weighted by molar-refractivity contribution is 7.90. The number of amides is 1. The molecule has 0 atom stereocenters. The number of ether oxygens (including phenoxy) is 2. The molecule has 2 aliphatic carbocycles. The molecule has 3 heterocycles. The summed E-state index contributed by atoms with van der Waals surface area (Å²) < 4.78 is 41.8. The molecule has 17 heteroatoms. The number of aromatic nitrogens is 1. The third kappa shape index (κ3) is 10.9. The van der Waals surface area contributed by atoms with Gasteiger partial charge in [0.15, 0.2) is 0 Å². The number of halogens is 2. The Morgan fingerprint density at radius 1 is 0.910 bits per heavy atom. The molecule has 14 nitrogen and oxygen atoms in total. The predicted molar refractivity (Wildman–Crippen MR) is 264 cm³/mol. The van der Waals surface area contributed by atoms with Crippen LogP contribution in [0.25, 0.3) is 16.5 Å². The summed E-state index contributed by atoms with van der Waals surface area (Å²) in [6.45, 7) is 11.9. The van der Waals surface area contributed by atoms with Crippen LogP contribution in [0, 0.1) is 15.5 Å². The Kier molecular flexibility index (Phi) is 13.9. The van der Waals surface area contributed by atoms with Crippen LogP contribution in [-0.2, 0) is 14.8 Å². The molecule has 3 N–H and O–H groups in total. The molecule has 4 aromatic carbocycles. The van der Waals surface area contributed by atoms with E-state index in [4.69, 9.17) is 32.7 Å². The molecule has 0 spiro atoms. The van der Waals surface area contributed by atoms with Crippen molar-refractivity contribution in [1.29, 1.82) is 0 Å². The molecule has 0 bridgehead atoms. The van der Waals surface area contributed by atoms with Crippen molar-refractivity contribution in [3.63, 3.8) is 0 Å². The summed E-state index contributed by atoms with van der Waals surface area (Å²) in [4.78, 5) is 35.7. The molecular weight excluding hydrogens is 914 g/mol. The van der Waals surface area contributed by atoms with Crippen molar-refractivity contribution in [2.24, 2.45) is 5.41 Å². The summed E-state index contributed by atoms with van der Waals surface area (Å²) in [6, 6.07) is 22.7. The van der Waals surface area contributed by atoms with E-state index in [1.165, 1.54) is 28.8 Å². The van der Waals surface area contributed by atoms with Gasteiger partial charge < -0.3 is 24.7 Å². The van der Waals surface area contributed by atoms with E-state index >= 15 is 0 Å². The first-order valence-electron chi connectivity index (χ1n) is 23.1. The molecule has 1 aromatic heterocycles. The Hall–Kier alpha value is -5.16. The van der Waals surface area contributed by atoms with E-state index in [1.807, 2.05) is 18.2 Å². The first-order valence-corrected chi connectivity index (χ1v) is 25.4. The number of nitro benzene ring substituents is 1. The van der Waals surface area contributed by atoms with Gasteiger partial charge in [0.05, 0.1) is 33.6 Å². The zero-order chi connectivity index (χ0) is 46.9. The number of allylic oxidation sites excluding steroid dienone is 1. The Morgan fingerprint density at radius 3 is 2.39 bits per heavy atom. The molecule has 354 valence electrons. The van der Waals surface area contributed by atoms with Crippen LogP contribution in [0.15, 0.2) is 95.5 Å². The van der Waals surface area contributed by atoms with E-state index in [1.54, 1.807) is 36.5 Å². The first kappa shape index (κ1) is 46.9. The molecule has 1 saturated carbocycles. The third-order valence-corrected chi connectivity index (χ3v) is 15.8. The molecule has 5 aromatic rings. The van der Waals surface area contributed by atoms with Crippen LogP contribution in [0.2, 0.25) is 10.0 Å². The van der Waals surface area contributed by atoms with Crippen LogP contribution < -0.4 is 19.7 Å². The van der Waals surface area contributed by atoms with Crippen molar-refractivity contribution in [1.82, 2.24) is 19.5 Å². The summed E-state index contributed by atoms with van der Waals surface area (Å²) in [6.07, 6.45) is 8.50. The summed E-state index contributed by atoms with van der Waals surface area (Å²) >= 11 is 13.0. The maximum absolute atomic E-state index is 14.1. The van der Waals surface area contributed by atoms with Gasteiger partial charge in [0.25, 0.3) is 21.6 Å². The van der Waals surface area contributed by atoms with E-state index in [0.29, 0.717) is 19.1 Å². The van der Waals surface area contributed by atoms with Crippen LogP contribution in [0.5, 0.6) is 11.5 Å². The van der Waals surface area contributed by atoms with Crippen molar-refractivity contribution in [2.75, 3.05) is 69.2 Å². The van der Waals surface area contributed by atoms with E-state index in [0.717, 1.165) is 119 Å². The maximum atomic E-state index is 14.1. The monoisotopic (exact) mass is 969 g/mol. The maximum Gasteiger partial charge on any atom is 0.293 e. The lowest BCUT2D eigenvalue weighted by Crippen LogP contribution is -2.47. The van der Waals surface area contributed by atoms with Gasteiger partial charge in [-0.05, 0) is 116 Å². The van der Waals surface area contributed by atoms with Gasteiger partial charge in [-0.2, -0.15) is 0 Å². The molecule has 67 heavy (non-hydrogen) atoms. The van der Waals surface area contributed by atoms with Crippen LogP contribution in [0.3, 0.4) is 0 Å². The average Bonchev–Trinajstić information content (AvgIpc) is 3.77. The van der Waals surface area contributed by atoms with Crippen molar-refractivity contribution in [2.45, 2.75) is 75.8 Å². The number of carbonyl (C=O) groups excluding carboxylic acids is 1. The van der Waals surface area contributed by atoms with Crippen molar-refractivity contribution < 1.29 is 27.6 Å². The second kappa shape index (κ2) is 19.8. The highest BCUT2D eigenvalue weighted by Gasteiger charge is 2.32. The topological polar surface area (TPSA) is 162 Å². The zero-order valence-corrected chi connectivity index (χ0v) is 40.2.